The van der Waals surface area contributed by atoms with Crippen molar-refractivity contribution < 1.29 is 0 Å². The molecule has 0 saturated carbocycles. The highest BCUT2D eigenvalue weighted by Crippen LogP contribution is 2.23. The van der Waals surface area contributed by atoms with Gasteiger partial charge in [-0.25, -0.2) is 0 Å². The normalized spacial score (nSPS) is 13.9. The number of pyridine rings is 1. The Balaban J connectivity index is 2.69. The van der Waals surface area contributed by atoms with Crippen LogP contribution in [0.1, 0.15) is 39.8 Å². The van der Waals surface area contributed by atoms with E-state index in [0.29, 0.717) is 18.0 Å². The van der Waals surface area contributed by atoms with E-state index in [1.165, 1.54) is 0 Å². The van der Waals surface area contributed by atoms with Gasteiger partial charge in [0.25, 0.3) is 0 Å². The van der Waals surface area contributed by atoms with Crippen LogP contribution in [0.5, 0.6) is 0 Å². The summed E-state index contributed by atoms with van der Waals surface area (Å²) in [4.78, 5) is 6.82. The average molecular weight is 249 g/mol. The Morgan fingerprint density at radius 3 is 2.50 bits per heavy atom. The van der Waals surface area contributed by atoms with Gasteiger partial charge in [0.15, 0.2) is 0 Å². The molecule has 1 atom stereocenters. The molecule has 0 saturated heterocycles. The second-order valence-corrected chi connectivity index (χ2v) is 6.04. The van der Waals surface area contributed by atoms with Crippen LogP contribution in [0.15, 0.2) is 24.4 Å². The second kappa shape index (κ2) is 6.86. The summed E-state index contributed by atoms with van der Waals surface area (Å²) in [5, 5.41) is 0. The maximum atomic E-state index is 5.95. The molecule has 0 aromatic carbocycles. The van der Waals surface area contributed by atoms with Crippen LogP contribution < -0.4 is 5.73 Å². The van der Waals surface area contributed by atoms with Gasteiger partial charge in [-0.3, -0.25) is 9.88 Å². The number of nitrogens with two attached hydrogens (primary N) is 1. The van der Waals surface area contributed by atoms with Crippen molar-refractivity contribution >= 4 is 0 Å². The van der Waals surface area contributed by atoms with Gasteiger partial charge < -0.3 is 5.73 Å². The molecule has 0 spiro atoms. The lowest BCUT2D eigenvalue weighted by Crippen LogP contribution is -2.42. The third-order valence-electron chi connectivity index (χ3n) is 3.13. The van der Waals surface area contributed by atoms with Crippen molar-refractivity contribution in [1.82, 2.24) is 9.88 Å². The molecular formula is C15H27N3. The van der Waals surface area contributed by atoms with Crippen LogP contribution in [0.2, 0.25) is 0 Å². The Hall–Kier alpha value is -0.930. The fourth-order valence-electron chi connectivity index (χ4n) is 2.27. The van der Waals surface area contributed by atoms with Crippen LogP contribution in [-0.4, -0.2) is 29.0 Å². The molecule has 0 aliphatic rings. The van der Waals surface area contributed by atoms with E-state index in [1.807, 2.05) is 18.3 Å². The number of rotatable bonds is 6. The maximum absolute atomic E-state index is 5.95. The molecule has 3 nitrogen and oxygen atoms in total. The van der Waals surface area contributed by atoms with Crippen LogP contribution >= 0.6 is 0 Å². The van der Waals surface area contributed by atoms with E-state index < -0.39 is 0 Å². The van der Waals surface area contributed by atoms with Crippen LogP contribution in [0, 0.1) is 5.41 Å². The molecule has 3 heteroatoms. The van der Waals surface area contributed by atoms with Crippen LogP contribution in [0.3, 0.4) is 0 Å². The summed E-state index contributed by atoms with van der Waals surface area (Å²) in [5.41, 5.74) is 7.37. The van der Waals surface area contributed by atoms with Crippen molar-refractivity contribution in [3.05, 3.63) is 30.1 Å². The summed E-state index contributed by atoms with van der Waals surface area (Å²) in [6.07, 6.45) is 2.97. The highest BCUT2D eigenvalue weighted by atomic mass is 15.2. The van der Waals surface area contributed by atoms with E-state index in [2.05, 4.69) is 43.6 Å². The first kappa shape index (κ1) is 15.1. The maximum Gasteiger partial charge on any atom is 0.0544 e. The van der Waals surface area contributed by atoms with Crippen molar-refractivity contribution in [3.63, 3.8) is 0 Å². The standard InChI is InChI=1S/C15H27N3/c1-5-18(12-13-8-6-7-9-17-13)14(11-16)10-15(2,3)4/h6-9,14H,5,10-12,16H2,1-4H3. The zero-order chi connectivity index (χ0) is 13.6. The predicted octanol–water partition coefficient (Wildman–Crippen LogP) is 2.67. The minimum atomic E-state index is 0.307. The lowest BCUT2D eigenvalue weighted by molar-refractivity contribution is 0.150. The Morgan fingerprint density at radius 2 is 2.06 bits per heavy atom. The summed E-state index contributed by atoms with van der Waals surface area (Å²) in [5.74, 6) is 0. The summed E-state index contributed by atoms with van der Waals surface area (Å²) >= 11 is 0. The Kier molecular flexibility index (Phi) is 5.76. The van der Waals surface area contributed by atoms with E-state index in [9.17, 15) is 0 Å². The van der Waals surface area contributed by atoms with Crippen LogP contribution in [0.25, 0.3) is 0 Å². The fraction of sp³-hybridized carbons (Fsp3) is 0.667. The molecule has 1 aromatic rings. The van der Waals surface area contributed by atoms with Crippen LogP contribution in [-0.2, 0) is 6.54 Å². The molecular weight excluding hydrogens is 222 g/mol. The van der Waals surface area contributed by atoms with E-state index in [-0.39, 0.29) is 0 Å². The molecule has 1 rings (SSSR count). The predicted molar refractivity (Wildman–Crippen MR) is 77.2 cm³/mol. The Labute approximate surface area is 111 Å². The van der Waals surface area contributed by atoms with E-state index in [4.69, 9.17) is 5.73 Å². The van der Waals surface area contributed by atoms with Gasteiger partial charge in [-0.1, -0.05) is 33.8 Å². The summed E-state index contributed by atoms with van der Waals surface area (Å²) in [6, 6.07) is 6.50. The molecule has 0 aliphatic heterocycles. The van der Waals surface area contributed by atoms with E-state index in [0.717, 1.165) is 25.2 Å². The molecule has 0 fully saturated rings. The van der Waals surface area contributed by atoms with Gasteiger partial charge in [0.1, 0.15) is 0 Å². The zero-order valence-corrected chi connectivity index (χ0v) is 12.2. The molecule has 0 bridgehead atoms. The number of likely N-dealkylation sites (N-methyl/N-ethyl adjacent to an activating group) is 1. The summed E-state index contributed by atoms with van der Waals surface area (Å²) < 4.78 is 0. The molecule has 1 heterocycles. The summed E-state index contributed by atoms with van der Waals surface area (Å²) in [6.45, 7) is 11.6. The van der Waals surface area contributed by atoms with Gasteiger partial charge >= 0.3 is 0 Å². The third-order valence-corrected chi connectivity index (χ3v) is 3.13. The Bertz CT molecular complexity index is 329. The topological polar surface area (TPSA) is 42.2 Å². The molecule has 2 N–H and O–H groups in total. The zero-order valence-electron chi connectivity index (χ0n) is 12.2. The highest BCUT2D eigenvalue weighted by molar-refractivity contribution is 5.03. The monoisotopic (exact) mass is 249 g/mol. The number of nitrogens with zero attached hydrogens (tertiary/aromatic N) is 2. The van der Waals surface area contributed by atoms with Gasteiger partial charge in [-0.05, 0) is 30.5 Å². The van der Waals surface area contributed by atoms with E-state index in [1.54, 1.807) is 0 Å². The molecule has 0 aliphatic carbocycles. The molecule has 102 valence electrons. The van der Waals surface area contributed by atoms with Crippen molar-refractivity contribution in [3.8, 4) is 0 Å². The molecule has 18 heavy (non-hydrogen) atoms. The van der Waals surface area contributed by atoms with Gasteiger partial charge in [-0.2, -0.15) is 0 Å². The number of hydrogen-bond donors (Lipinski definition) is 1. The Morgan fingerprint density at radius 1 is 1.33 bits per heavy atom. The van der Waals surface area contributed by atoms with Gasteiger partial charge in [0.2, 0.25) is 0 Å². The SMILES string of the molecule is CCN(Cc1ccccn1)C(CN)CC(C)(C)C. The van der Waals surface area contributed by atoms with Gasteiger partial charge in [-0.15, -0.1) is 0 Å². The quantitative estimate of drug-likeness (QED) is 0.843. The first-order valence-corrected chi connectivity index (χ1v) is 6.80. The average Bonchev–Trinajstić information content (AvgIpc) is 2.33. The lowest BCUT2D eigenvalue weighted by atomic mass is 9.87. The van der Waals surface area contributed by atoms with Gasteiger partial charge in [0.05, 0.1) is 5.69 Å². The third kappa shape index (κ3) is 5.15. The molecule has 0 radical (unpaired) electrons. The van der Waals surface area contributed by atoms with Crippen molar-refractivity contribution in [2.75, 3.05) is 13.1 Å². The molecule has 0 amide bonds. The smallest absolute Gasteiger partial charge is 0.0544 e. The van der Waals surface area contributed by atoms with Crippen molar-refractivity contribution in [1.29, 1.82) is 0 Å². The van der Waals surface area contributed by atoms with Crippen LogP contribution in [0.4, 0.5) is 0 Å². The first-order chi connectivity index (χ1) is 8.46. The first-order valence-electron chi connectivity index (χ1n) is 6.80. The van der Waals surface area contributed by atoms with Crippen molar-refractivity contribution in [2.24, 2.45) is 11.1 Å². The minimum absolute atomic E-state index is 0.307. The largest absolute Gasteiger partial charge is 0.329 e. The van der Waals surface area contributed by atoms with E-state index >= 15 is 0 Å². The minimum Gasteiger partial charge on any atom is -0.329 e. The lowest BCUT2D eigenvalue weighted by Gasteiger charge is -2.34. The fourth-order valence-corrected chi connectivity index (χ4v) is 2.27. The summed E-state index contributed by atoms with van der Waals surface area (Å²) in [7, 11) is 0. The van der Waals surface area contributed by atoms with Crippen molar-refractivity contribution in [2.45, 2.75) is 46.7 Å². The molecule has 1 unspecified atom stereocenters. The number of aromatic nitrogens is 1. The second-order valence-electron chi connectivity index (χ2n) is 6.04. The number of hydrogen-bond acceptors (Lipinski definition) is 3. The molecule has 1 aromatic heterocycles. The highest BCUT2D eigenvalue weighted by Gasteiger charge is 2.22. The van der Waals surface area contributed by atoms with Gasteiger partial charge in [0, 0.05) is 25.3 Å².